The van der Waals surface area contributed by atoms with Crippen molar-refractivity contribution in [1.82, 2.24) is 9.97 Å². The second-order valence-electron chi connectivity index (χ2n) is 3.66. The van der Waals surface area contributed by atoms with Crippen molar-refractivity contribution in [3.63, 3.8) is 0 Å². The molecule has 2 heterocycles. The Morgan fingerprint density at radius 3 is 2.20 bits per heavy atom. The van der Waals surface area contributed by atoms with Crippen LogP contribution in [0.4, 0.5) is 22.0 Å². The third-order valence-corrected chi connectivity index (χ3v) is 2.34. The minimum Gasteiger partial charge on any atom is -0.417 e. The van der Waals surface area contributed by atoms with Gasteiger partial charge in [0.15, 0.2) is 5.69 Å². The highest BCUT2D eigenvalue weighted by molar-refractivity contribution is 5.66. The predicted octanol–water partition coefficient (Wildman–Crippen LogP) is 3.76. The topological polar surface area (TPSA) is 35.0 Å². The van der Waals surface area contributed by atoms with Crippen molar-refractivity contribution >= 4 is 0 Å². The minimum absolute atomic E-state index is 0.225. The van der Waals surface area contributed by atoms with E-state index in [1.807, 2.05) is 0 Å². The molecule has 8 heteroatoms. The molecule has 0 N–H and O–H groups in total. The predicted molar refractivity (Wildman–Crippen MR) is 59.1 cm³/mol. The minimum atomic E-state index is -4.79. The van der Waals surface area contributed by atoms with Crippen LogP contribution < -0.4 is 4.74 Å². The molecule has 0 atom stereocenters. The number of nitrogens with zero attached hydrogens (tertiary/aromatic N) is 2. The SMILES string of the molecule is FC(F)Oc1ccc(-c2ccncc2)c(C(F)(F)F)n1. The molecule has 0 bridgehead atoms. The summed E-state index contributed by atoms with van der Waals surface area (Å²) in [6, 6.07) is 4.71. The smallest absolute Gasteiger partial charge is 0.417 e. The first-order valence-electron chi connectivity index (χ1n) is 5.31. The fourth-order valence-corrected chi connectivity index (χ4v) is 1.58. The first kappa shape index (κ1) is 14.2. The zero-order valence-electron chi connectivity index (χ0n) is 9.73. The van der Waals surface area contributed by atoms with Crippen molar-refractivity contribution in [2.24, 2.45) is 0 Å². The summed E-state index contributed by atoms with van der Waals surface area (Å²) in [4.78, 5) is 6.81. The zero-order chi connectivity index (χ0) is 14.8. The molecule has 2 rings (SSSR count). The van der Waals surface area contributed by atoms with E-state index in [9.17, 15) is 22.0 Å². The Kier molecular flexibility index (Phi) is 3.82. The maximum absolute atomic E-state index is 12.9. The molecular weight excluding hydrogens is 283 g/mol. The molecule has 20 heavy (non-hydrogen) atoms. The molecule has 3 nitrogen and oxygen atoms in total. The van der Waals surface area contributed by atoms with Crippen molar-refractivity contribution in [3.05, 3.63) is 42.4 Å². The molecule has 0 unspecified atom stereocenters. The van der Waals surface area contributed by atoms with Gasteiger partial charge in [-0.05, 0) is 23.8 Å². The second-order valence-corrected chi connectivity index (χ2v) is 3.66. The molecule has 0 aliphatic heterocycles. The first-order valence-corrected chi connectivity index (χ1v) is 5.31. The van der Waals surface area contributed by atoms with Gasteiger partial charge in [-0.15, -0.1) is 0 Å². The highest BCUT2D eigenvalue weighted by atomic mass is 19.4. The molecular formula is C12H7F5N2O. The van der Waals surface area contributed by atoms with E-state index in [0.717, 1.165) is 12.1 Å². The Hall–Kier alpha value is -2.25. The Morgan fingerprint density at radius 2 is 1.65 bits per heavy atom. The van der Waals surface area contributed by atoms with Crippen molar-refractivity contribution in [2.45, 2.75) is 12.8 Å². The number of rotatable bonds is 3. The Bertz CT molecular complexity index is 586. The number of pyridine rings is 2. The van der Waals surface area contributed by atoms with Crippen molar-refractivity contribution < 1.29 is 26.7 Å². The van der Waals surface area contributed by atoms with Crippen molar-refractivity contribution in [3.8, 4) is 17.0 Å². The molecule has 0 saturated heterocycles. The van der Waals surface area contributed by atoms with Gasteiger partial charge in [0, 0.05) is 24.0 Å². The lowest BCUT2D eigenvalue weighted by molar-refractivity contribution is -0.141. The Balaban J connectivity index is 2.52. The number of ether oxygens (including phenoxy) is 1. The summed E-state index contributed by atoms with van der Waals surface area (Å²) in [5.41, 5.74) is -1.30. The molecule has 106 valence electrons. The van der Waals surface area contributed by atoms with Crippen molar-refractivity contribution in [1.29, 1.82) is 0 Å². The molecule has 0 saturated carbocycles. The molecule has 0 amide bonds. The van der Waals surface area contributed by atoms with Crippen LogP contribution in [0.25, 0.3) is 11.1 Å². The second kappa shape index (κ2) is 5.40. The molecule has 0 aromatic carbocycles. The van der Waals surface area contributed by atoms with E-state index in [2.05, 4.69) is 14.7 Å². The summed E-state index contributed by atoms with van der Waals surface area (Å²) in [7, 11) is 0. The standard InChI is InChI=1S/C12H7F5N2O/c13-11(14)20-9-2-1-8(7-3-5-18-6-4-7)10(19-9)12(15,16)17/h1-6,11H. The molecule has 2 aromatic heterocycles. The van der Waals surface area contributed by atoms with E-state index in [4.69, 9.17) is 0 Å². The van der Waals surface area contributed by atoms with E-state index in [0.29, 0.717) is 0 Å². The van der Waals surface area contributed by atoms with E-state index < -0.39 is 24.4 Å². The van der Waals surface area contributed by atoms with Gasteiger partial charge in [-0.3, -0.25) is 4.98 Å². The molecule has 0 aliphatic rings. The fourth-order valence-electron chi connectivity index (χ4n) is 1.58. The van der Waals surface area contributed by atoms with Gasteiger partial charge in [-0.2, -0.15) is 22.0 Å². The largest absolute Gasteiger partial charge is 0.434 e. The molecule has 0 spiro atoms. The van der Waals surface area contributed by atoms with Gasteiger partial charge < -0.3 is 4.74 Å². The van der Waals surface area contributed by atoms with Crippen LogP contribution >= 0.6 is 0 Å². The average molecular weight is 290 g/mol. The summed E-state index contributed by atoms with van der Waals surface area (Å²) < 4.78 is 66.7. The number of hydrogen-bond donors (Lipinski definition) is 0. The van der Waals surface area contributed by atoms with Gasteiger partial charge in [0.25, 0.3) is 0 Å². The summed E-state index contributed by atoms with van der Waals surface area (Å²) in [6.07, 6.45) is -2.15. The summed E-state index contributed by atoms with van der Waals surface area (Å²) in [5, 5.41) is 0. The maximum atomic E-state index is 12.9. The summed E-state index contributed by atoms with van der Waals surface area (Å²) in [6.45, 7) is -3.24. The lowest BCUT2D eigenvalue weighted by Crippen LogP contribution is -2.12. The number of alkyl halides is 5. The normalized spacial score (nSPS) is 11.7. The lowest BCUT2D eigenvalue weighted by Gasteiger charge is -2.13. The van der Waals surface area contributed by atoms with Gasteiger partial charge >= 0.3 is 12.8 Å². The molecule has 0 fully saturated rings. The summed E-state index contributed by atoms with van der Waals surface area (Å²) >= 11 is 0. The number of halogens is 5. The molecule has 2 aromatic rings. The van der Waals surface area contributed by atoms with Crippen LogP contribution in [0.5, 0.6) is 5.88 Å². The monoisotopic (exact) mass is 290 g/mol. The first-order chi connectivity index (χ1) is 9.38. The van der Waals surface area contributed by atoms with Crippen LogP contribution in [0, 0.1) is 0 Å². The third kappa shape index (κ3) is 3.19. The van der Waals surface area contributed by atoms with E-state index in [-0.39, 0.29) is 11.1 Å². The average Bonchev–Trinajstić information content (AvgIpc) is 2.38. The van der Waals surface area contributed by atoms with E-state index in [1.165, 1.54) is 24.5 Å². The molecule has 0 radical (unpaired) electrons. The quantitative estimate of drug-likeness (QED) is 0.807. The van der Waals surface area contributed by atoms with Gasteiger partial charge in [0.05, 0.1) is 0 Å². The van der Waals surface area contributed by atoms with Crippen LogP contribution in [0.2, 0.25) is 0 Å². The van der Waals surface area contributed by atoms with Crippen LogP contribution in [-0.2, 0) is 6.18 Å². The molecule has 0 aliphatic carbocycles. The van der Waals surface area contributed by atoms with Crippen LogP contribution in [0.15, 0.2) is 36.7 Å². The maximum Gasteiger partial charge on any atom is 0.434 e. The highest BCUT2D eigenvalue weighted by Gasteiger charge is 2.36. The zero-order valence-corrected chi connectivity index (χ0v) is 9.73. The Morgan fingerprint density at radius 1 is 1.00 bits per heavy atom. The Labute approximate surface area is 110 Å². The van der Waals surface area contributed by atoms with Gasteiger partial charge in [0.1, 0.15) is 0 Å². The van der Waals surface area contributed by atoms with Crippen LogP contribution in [0.1, 0.15) is 5.69 Å². The third-order valence-electron chi connectivity index (χ3n) is 2.34. The van der Waals surface area contributed by atoms with E-state index >= 15 is 0 Å². The summed E-state index contributed by atoms with van der Waals surface area (Å²) in [5.74, 6) is -0.787. The van der Waals surface area contributed by atoms with Crippen LogP contribution in [0.3, 0.4) is 0 Å². The number of hydrogen-bond acceptors (Lipinski definition) is 3. The lowest BCUT2D eigenvalue weighted by atomic mass is 10.1. The fraction of sp³-hybridized carbons (Fsp3) is 0.167. The highest BCUT2D eigenvalue weighted by Crippen LogP contribution is 2.36. The van der Waals surface area contributed by atoms with Gasteiger partial charge in [-0.1, -0.05) is 0 Å². The van der Waals surface area contributed by atoms with E-state index in [1.54, 1.807) is 0 Å². The number of aromatic nitrogens is 2. The van der Waals surface area contributed by atoms with Gasteiger partial charge in [0.2, 0.25) is 5.88 Å². The van der Waals surface area contributed by atoms with Crippen molar-refractivity contribution in [2.75, 3.05) is 0 Å². The van der Waals surface area contributed by atoms with Crippen LogP contribution in [-0.4, -0.2) is 16.6 Å². The van der Waals surface area contributed by atoms with Gasteiger partial charge in [-0.25, -0.2) is 4.98 Å².